The molecule has 0 unspecified atom stereocenters. The van der Waals surface area contributed by atoms with Crippen LogP contribution >= 0.6 is 0 Å². The lowest BCUT2D eigenvalue weighted by Crippen LogP contribution is -2.41. The van der Waals surface area contributed by atoms with Crippen molar-refractivity contribution in [3.63, 3.8) is 0 Å². The molecule has 2 heterocycles. The Morgan fingerprint density at radius 3 is 2.30 bits per heavy atom. The molecule has 5 nitrogen and oxygen atoms in total. The van der Waals surface area contributed by atoms with Crippen molar-refractivity contribution < 1.29 is 23.6 Å². The molecule has 0 saturated carbocycles. The van der Waals surface area contributed by atoms with E-state index in [1.54, 1.807) is 13.0 Å². The fraction of sp³-hybridized carbons (Fsp3) is 0.438. The van der Waals surface area contributed by atoms with Crippen LogP contribution in [0.1, 0.15) is 33.4 Å². The monoisotopic (exact) mass is 319 g/mol. The summed E-state index contributed by atoms with van der Waals surface area (Å²) in [6, 6.07) is 4.09. The SMILES string of the molecule is Cc1c(B2OC(C)(C)C(C)(C)O2)c2ccc(F)cc2n1C(=O)O. The molecule has 0 spiro atoms. The van der Waals surface area contributed by atoms with E-state index in [0.717, 1.165) is 4.57 Å². The first-order valence-corrected chi connectivity index (χ1v) is 7.44. The molecule has 7 heteroatoms. The van der Waals surface area contributed by atoms with Crippen molar-refractivity contribution in [2.45, 2.75) is 45.8 Å². The van der Waals surface area contributed by atoms with Gasteiger partial charge in [-0.25, -0.2) is 9.18 Å². The summed E-state index contributed by atoms with van der Waals surface area (Å²) < 4.78 is 26.7. The minimum Gasteiger partial charge on any atom is -0.464 e. The zero-order valence-electron chi connectivity index (χ0n) is 13.8. The molecule has 0 radical (unpaired) electrons. The highest BCUT2D eigenvalue weighted by molar-refractivity contribution is 6.66. The van der Waals surface area contributed by atoms with Crippen LogP contribution in [0.2, 0.25) is 0 Å². The third-order valence-electron chi connectivity index (χ3n) is 4.90. The van der Waals surface area contributed by atoms with Gasteiger partial charge in [0.05, 0.1) is 16.7 Å². The van der Waals surface area contributed by atoms with Crippen LogP contribution in [-0.4, -0.2) is 34.1 Å². The molecule has 1 fully saturated rings. The van der Waals surface area contributed by atoms with Gasteiger partial charge in [0.15, 0.2) is 0 Å². The number of hydrogen-bond donors (Lipinski definition) is 1. The topological polar surface area (TPSA) is 60.7 Å². The van der Waals surface area contributed by atoms with Gasteiger partial charge >= 0.3 is 13.2 Å². The minimum absolute atomic E-state index is 0.291. The number of fused-ring (bicyclic) bond motifs is 1. The molecular weight excluding hydrogens is 300 g/mol. The van der Waals surface area contributed by atoms with Crippen molar-refractivity contribution in [2.75, 3.05) is 0 Å². The third-order valence-corrected chi connectivity index (χ3v) is 4.90. The van der Waals surface area contributed by atoms with Crippen molar-refractivity contribution in [1.82, 2.24) is 4.57 Å². The van der Waals surface area contributed by atoms with Gasteiger partial charge in [-0.15, -0.1) is 0 Å². The Labute approximate surface area is 134 Å². The standard InChI is InChI=1S/C16H19BFNO4/c1-9-13(17-22-15(2,3)16(4,5)23-17)11-7-6-10(18)8-12(11)19(9)14(20)21/h6-8H,1-5H3,(H,20,21). The lowest BCUT2D eigenvalue weighted by molar-refractivity contribution is 0.00578. The van der Waals surface area contributed by atoms with Crippen molar-refractivity contribution >= 4 is 29.6 Å². The average Bonchev–Trinajstić information content (AvgIpc) is 2.79. The molecule has 1 aromatic carbocycles. The number of benzene rings is 1. The highest BCUT2D eigenvalue weighted by Crippen LogP contribution is 2.37. The molecule has 0 aliphatic carbocycles. The Balaban J connectivity index is 2.24. The van der Waals surface area contributed by atoms with E-state index in [1.807, 2.05) is 27.7 Å². The smallest absolute Gasteiger partial charge is 0.464 e. The number of halogens is 1. The van der Waals surface area contributed by atoms with Crippen LogP contribution in [0.3, 0.4) is 0 Å². The number of hydrogen-bond acceptors (Lipinski definition) is 3. The lowest BCUT2D eigenvalue weighted by Gasteiger charge is -2.32. The Hall–Kier alpha value is -1.86. The molecule has 1 saturated heterocycles. The second kappa shape index (κ2) is 4.82. The summed E-state index contributed by atoms with van der Waals surface area (Å²) in [5.41, 5.74) is 0.307. The van der Waals surface area contributed by atoms with Gasteiger partial charge in [-0.1, -0.05) is 6.07 Å². The number of carbonyl (C=O) groups is 1. The van der Waals surface area contributed by atoms with E-state index < -0.39 is 30.2 Å². The molecule has 0 amide bonds. The van der Waals surface area contributed by atoms with Crippen molar-refractivity contribution in [2.24, 2.45) is 0 Å². The maximum absolute atomic E-state index is 13.6. The summed E-state index contributed by atoms with van der Waals surface area (Å²) in [4.78, 5) is 11.6. The second-order valence-electron chi connectivity index (χ2n) is 6.87. The van der Waals surface area contributed by atoms with Crippen LogP contribution < -0.4 is 5.46 Å². The van der Waals surface area contributed by atoms with E-state index in [-0.39, 0.29) is 0 Å². The van der Waals surface area contributed by atoms with Gasteiger partial charge in [0, 0.05) is 16.5 Å². The zero-order valence-corrected chi connectivity index (χ0v) is 13.8. The first kappa shape index (κ1) is 16.0. The van der Waals surface area contributed by atoms with Gasteiger partial charge in [0.25, 0.3) is 0 Å². The summed E-state index contributed by atoms with van der Waals surface area (Å²) >= 11 is 0. The number of aromatic nitrogens is 1. The van der Waals surface area contributed by atoms with Gasteiger partial charge in [-0.3, -0.25) is 4.57 Å². The zero-order chi connectivity index (χ0) is 17.2. The summed E-state index contributed by atoms with van der Waals surface area (Å²) in [6.45, 7) is 9.39. The predicted octanol–water partition coefficient (Wildman–Crippen LogP) is 2.91. The molecule has 1 aliphatic rings. The van der Waals surface area contributed by atoms with E-state index in [1.165, 1.54) is 12.1 Å². The summed E-state index contributed by atoms with van der Waals surface area (Å²) in [7, 11) is -0.700. The Bertz CT molecular complexity index is 796. The molecular formula is C16H19BFNO4. The molecule has 3 rings (SSSR count). The van der Waals surface area contributed by atoms with E-state index in [4.69, 9.17) is 9.31 Å². The largest absolute Gasteiger partial charge is 0.497 e. The molecule has 122 valence electrons. The van der Waals surface area contributed by atoms with Crippen molar-refractivity contribution in [3.05, 3.63) is 29.7 Å². The first-order valence-electron chi connectivity index (χ1n) is 7.44. The molecule has 2 aromatic rings. The van der Waals surface area contributed by atoms with E-state index >= 15 is 0 Å². The third kappa shape index (κ3) is 2.26. The van der Waals surface area contributed by atoms with Gasteiger partial charge in [0.2, 0.25) is 0 Å². The summed E-state index contributed by atoms with van der Waals surface area (Å²) in [6.07, 6.45) is -1.17. The highest BCUT2D eigenvalue weighted by Gasteiger charge is 2.53. The van der Waals surface area contributed by atoms with E-state index in [0.29, 0.717) is 22.1 Å². The summed E-state index contributed by atoms with van der Waals surface area (Å²) in [5, 5.41) is 10.1. The predicted molar refractivity (Wildman–Crippen MR) is 85.8 cm³/mol. The van der Waals surface area contributed by atoms with Gasteiger partial charge in [-0.05, 0) is 46.8 Å². The van der Waals surface area contributed by atoms with Gasteiger partial charge < -0.3 is 14.4 Å². The lowest BCUT2D eigenvalue weighted by atomic mass is 9.77. The molecule has 1 aromatic heterocycles. The molecule has 0 atom stereocenters. The Kier molecular flexibility index (Phi) is 3.36. The van der Waals surface area contributed by atoms with Crippen LogP contribution in [0.15, 0.2) is 18.2 Å². The van der Waals surface area contributed by atoms with Crippen LogP contribution in [-0.2, 0) is 9.31 Å². The molecule has 23 heavy (non-hydrogen) atoms. The van der Waals surface area contributed by atoms with Crippen molar-refractivity contribution in [3.8, 4) is 0 Å². The molecule has 0 bridgehead atoms. The maximum Gasteiger partial charge on any atom is 0.497 e. The van der Waals surface area contributed by atoms with E-state index in [9.17, 15) is 14.3 Å². The van der Waals surface area contributed by atoms with E-state index in [2.05, 4.69) is 0 Å². The van der Waals surface area contributed by atoms with Crippen LogP contribution in [0, 0.1) is 12.7 Å². The fourth-order valence-electron chi connectivity index (χ4n) is 2.92. The average molecular weight is 319 g/mol. The number of rotatable bonds is 1. The second-order valence-corrected chi connectivity index (χ2v) is 6.87. The van der Waals surface area contributed by atoms with Gasteiger partial charge in [0.1, 0.15) is 5.82 Å². The van der Waals surface area contributed by atoms with Crippen LogP contribution in [0.4, 0.5) is 9.18 Å². The normalized spacial score (nSPS) is 19.5. The fourth-order valence-corrected chi connectivity index (χ4v) is 2.92. The Morgan fingerprint density at radius 1 is 1.22 bits per heavy atom. The molecule has 1 aliphatic heterocycles. The van der Waals surface area contributed by atoms with Crippen molar-refractivity contribution in [1.29, 1.82) is 0 Å². The highest BCUT2D eigenvalue weighted by atomic mass is 19.1. The Morgan fingerprint density at radius 2 is 1.78 bits per heavy atom. The van der Waals surface area contributed by atoms with Gasteiger partial charge in [-0.2, -0.15) is 0 Å². The van der Waals surface area contributed by atoms with Crippen LogP contribution in [0.5, 0.6) is 0 Å². The maximum atomic E-state index is 13.6. The first-order chi connectivity index (χ1) is 10.5. The molecule has 1 N–H and O–H groups in total. The quantitative estimate of drug-likeness (QED) is 0.821. The minimum atomic E-state index is -1.17. The van der Waals surface area contributed by atoms with Crippen LogP contribution in [0.25, 0.3) is 10.9 Å². The summed E-state index contributed by atoms with van der Waals surface area (Å²) in [5.74, 6) is -0.488. The number of nitrogens with zero attached hydrogens (tertiary/aromatic N) is 1. The number of carboxylic acid groups (broad SMARTS) is 1.